The van der Waals surface area contributed by atoms with Gasteiger partial charge in [-0.2, -0.15) is 15.5 Å². The lowest BCUT2D eigenvalue weighted by Crippen LogP contribution is -1.99. The molecule has 0 aromatic carbocycles. The van der Waals surface area contributed by atoms with E-state index in [9.17, 15) is 0 Å². The van der Waals surface area contributed by atoms with Gasteiger partial charge < -0.3 is 0 Å². The first-order valence-corrected chi connectivity index (χ1v) is 6.11. The lowest BCUT2D eigenvalue weighted by Gasteiger charge is -2.03. The lowest BCUT2D eigenvalue weighted by molar-refractivity contribution is 0.532. The second-order valence-electron chi connectivity index (χ2n) is 4.72. The van der Waals surface area contributed by atoms with E-state index in [0.717, 1.165) is 16.6 Å². The highest BCUT2D eigenvalue weighted by Crippen LogP contribution is 2.21. The number of rotatable bonds is 2. The van der Waals surface area contributed by atoms with Gasteiger partial charge >= 0.3 is 0 Å². The molecule has 0 bridgehead atoms. The summed E-state index contributed by atoms with van der Waals surface area (Å²) in [6.07, 6.45) is 7.35. The van der Waals surface area contributed by atoms with E-state index in [1.807, 2.05) is 35.4 Å². The molecule has 0 fully saturated rings. The number of nitrogens with zero attached hydrogens (tertiary/aromatic N) is 5. The molecule has 3 aromatic heterocycles. The molecule has 0 spiro atoms. The molecule has 94 valence electrons. The van der Waals surface area contributed by atoms with E-state index in [1.54, 1.807) is 10.7 Å². The second kappa shape index (κ2) is 4.25. The lowest BCUT2D eigenvalue weighted by atomic mass is 10.1. The zero-order valence-corrected chi connectivity index (χ0v) is 10.8. The average Bonchev–Trinajstić information content (AvgIpc) is 3.04. The molecule has 0 radical (unpaired) electrons. The third kappa shape index (κ3) is 1.87. The molecule has 3 heterocycles. The Bertz CT molecular complexity index is 773. The minimum Gasteiger partial charge on any atom is -0.270 e. The summed E-state index contributed by atoms with van der Waals surface area (Å²) in [5, 5.41) is 17.5. The molecule has 5 nitrogen and oxygen atoms in total. The molecule has 0 unspecified atom stereocenters. The molecule has 3 aromatic rings. The molecule has 0 saturated carbocycles. The van der Waals surface area contributed by atoms with Crippen molar-refractivity contribution < 1.29 is 0 Å². The van der Waals surface area contributed by atoms with Crippen molar-refractivity contribution in [2.75, 3.05) is 0 Å². The Labute approximate surface area is 110 Å². The first kappa shape index (κ1) is 11.5. The maximum atomic E-state index is 8.96. The van der Waals surface area contributed by atoms with Crippen LogP contribution >= 0.6 is 0 Å². The normalized spacial score (nSPS) is 11.1. The Balaban J connectivity index is 2.08. The zero-order chi connectivity index (χ0) is 13.4. The number of aromatic nitrogens is 4. The summed E-state index contributed by atoms with van der Waals surface area (Å²) in [6, 6.07) is 6.36. The van der Waals surface area contributed by atoms with Crippen LogP contribution in [-0.2, 0) is 0 Å². The van der Waals surface area contributed by atoms with Crippen LogP contribution in [0.15, 0.2) is 36.9 Å². The Hall–Kier alpha value is -2.61. The van der Waals surface area contributed by atoms with Gasteiger partial charge in [-0.3, -0.25) is 4.68 Å². The molecule has 0 N–H and O–H groups in total. The van der Waals surface area contributed by atoms with Crippen LogP contribution in [0, 0.1) is 11.3 Å². The molecule has 0 atom stereocenters. The largest absolute Gasteiger partial charge is 0.270 e. The quantitative estimate of drug-likeness (QED) is 0.703. The first-order chi connectivity index (χ1) is 9.19. The summed E-state index contributed by atoms with van der Waals surface area (Å²) in [5.41, 5.74) is 3.49. The standard InChI is InChI=1S/C14H13N5/c1-10(2)18-9-13(7-16-18)11-3-4-14-12(5-15)6-17-19(14)8-11/h3-4,6-10H,1-2H3. The fourth-order valence-corrected chi connectivity index (χ4v) is 2.01. The molecule has 5 heteroatoms. The zero-order valence-electron chi connectivity index (χ0n) is 10.8. The Kier molecular flexibility index (Phi) is 2.57. The van der Waals surface area contributed by atoms with Gasteiger partial charge in [0.05, 0.1) is 23.5 Å². The van der Waals surface area contributed by atoms with E-state index in [1.165, 1.54) is 0 Å². The van der Waals surface area contributed by atoms with Gasteiger partial charge in [-0.1, -0.05) is 6.07 Å². The highest BCUT2D eigenvalue weighted by atomic mass is 15.3. The Morgan fingerprint density at radius 3 is 2.63 bits per heavy atom. The molecular weight excluding hydrogens is 238 g/mol. The van der Waals surface area contributed by atoms with Gasteiger partial charge in [0.2, 0.25) is 0 Å². The molecule has 3 rings (SSSR count). The minimum absolute atomic E-state index is 0.340. The van der Waals surface area contributed by atoms with Crippen LogP contribution in [0.5, 0.6) is 0 Å². The maximum Gasteiger partial charge on any atom is 0.103 e. The van der Waals surface area contributed by atoms with Gasteiger partial charge in [0, 0.05) is 29.6 Å². The van der Waals surface area contributed by atoms with E-state index in [0.29, 0.717) is 11.6 Å². The number of hydrogen-bond acceptors (Lipinski definition) is 3. The van der Waals surface area contributed by atoms with Gasteiger partial charge in [0.1, 0.15) is 6.07 Å². The van der Waals surface area contributed by atoms with E-state index in [2.05, 4.69) is 30.1 Å². The van der Waals surface area contributed by atoms with Crippen LogP contribution in [0.25, 0.3) is 16.6 Å². The van der Waals surface area contributed by atoms with E-state index in [-0.39, 0.29) is 0 Å². The van der Waals surface area contributed by atoms with Gasteiger partial charge in [-0.05, 0) is 19.9 Å². The summed E-state index contributed by atoms with van der Waals surface area (Å²) in [7, 11) is 0. The smallest absolute Gasteiger partial charge is 0.103 e. The number of fused-ring (bicyclic) bond motifs is 1. The summed E-state index contributed by atoms with van der Waals surface area (Å²) in [6.45, 7) is 4.18. The monoisotopic (exact) mass is 251 g/mol. The molecular formula is C14H13N5. The van der Waals surface area contributed by atoms with Crippen molar-refractivity contribution in [2.45, 2.75) is 19.9 Å². The van der Waals surface area contributed by atoms with Crippen molar-refractivity contribution in [3.05, 3.63) is 42.5 Å². The van der Waals surface area contributed by atoms with Crippen molar-refractivity contribution in [3.8, 4) is 17.2 Å². The maximum absolute atomic E-state index is 8.96. The van der Waals surface area contributed by atoms with Crippen LogP contribution < -0.4 is 0 Å². The highest BCUT2D eigenvalue weighted by molar-refractivity contribution is 5.67. The highest BCUT2D eigenvalue weighted by Gasteiger charge is 2.07. The fraction of sp³-hybridized carbons (Fsp3) is 0.214. The van der Waals surface area contributed by atoms with Crippen LogP contribution in [0.1, 0.15) is 25.5 Å². The molecule has 0 amide bonds. The van der Waals surface area contributed by atoms with Gasteiger partial charge in [-0.25, -0.2) is 4.52 Å². The van der Waals surface area contributed by atoms with E-state index < -0.39 is 0 Å². The van der Waals surface area contributed by atoms with Crippen molar-refractivity contribution in [3.63, 3.8) is 0 Å². The van der Waals surface area contributed by atoms with Crippen molar-refractivity contribution in [1.82, 2.24) is 19.4 Å². The van der Waals surface area contributed by atoms with Crippen molar-refractivity contribution in [1.29, 1.82) is 5.26 Å². The van der Waals surface area contributed by atoms with Crippen LogP contribution in [0.2, 0.25) is 0 Å². The number of hydrogen-bond donors (Lipinski definition) is 0. The summed E-state index contributed by atoms with van der Waals surface area (Å²) in [4.78, 5) is 0. The molecule has 0 aliphatic carbocycles. The van der Waals surface area contributed by atoms with Crippen molar-refractivity contribution in [2.24, 2.45) is 0 Å². The minimum atomic E-state index is 0.340. The summed E-state index contributed by atoms with van der Waals surface area (Å²) in [5.74, 6) is 0. The van der Waals surface area contributed by atoms with Gasteiger partial charge in [0.25, 0.3) is 0 Å². The summed E-state index contributed by atoms with van der Waals surface area (Å²) < 4.78 is 3.64. The molecule has 0 aliphatic rings. The molecule has 0 aliphatic heterocycles. The topological polar surface area (TPSA) is 58.9 Å². The van der Waals surface area contributed by atoms with Crippen LogP contribution in [0.3, 0.4) is 0 Å². The predicted molar refractivity (Wildman–Crippen MR) is 71.5 cm³/mol. The number of nitriles is 1. The SMILES string of the molecule is CC(C)n1cc(-c2ccc3c(C#N)cnn3c2)cn1. The van der Waals surface area contributed by atoms with Crippen LogP contribution in [0.4, 0.5) is 0 Å². The van der Waals surface area contributed by atoms with Gasteiger partial charge in [0.15, 0.2) is 0 Å². The van der Waals surface area contributed by atoms with Crippen molar-refractivity contribution >= 4 is 5.52 Å². The number of pyridine rings is 1. The predicted octanol–water partition coefficient (Wildman–Crippen LogP) is 2.65. The summed E-state index contributed by atoms with van der Waals surface area (Å²) >= 11 is 0. The fourth-order valence-electron chi connectivity index (χ4n) is 2.01. The van der Waals surface area contributed by atoms with E-state index >= 15 is 0 Å². The second-order valence-corrected chi connectivity index (χ2v) is 4.72. The Morgan fingerprint density at radius 1 is 1.11 bits per heavy atom. The Morgan fingerprint density at radius 2 is 1.95 bits per heavy atom. The average molecular weight is 251 g/mol. The first-order valence-electron chi connectivity index (χ1n) is 6.11. The molecule has 0 saturated heterocycles. The third-order valence-electron chi connectivity index (χ3n) is 3.10. The molecule has 19 heavy (non-hydrogen) atoms. The van der Waals surface area contributed by atoms with Crippen LogP contribution in [-0.4, -0.2) is 19.4 Å². The van der Waals surface area contributed by atoms with Gasteiger partial charge in [-0.15, -0.1) is 0 Å². The van der Waals surface area contributed by atoms with E-state index in [4.69, 9.17) is 5.26 Å². The third-order valence-corrected chi connectivity index (χ3v) is 3.10.